The minimum absolute atomic E-state index is 0.0274. The summed E-state index contributed by atoms with van der Waals surface area (Å²) in [6.45, 7) is 1.38. The van der Waals surface area contributed by atoms with Gasteiger partial charge in [-0.15, -0.1) is 4.33 Å². The Bertz CT molecular complexity index is 1540. The van der Waals surface area contributed by atoms with Crippen LogP contribution in [0.5, 0.6) is 5.75 Å². The fourth-order valence-electron chi connectivity index (χ4n) is 3.14. The van der Waals surface area contributed by atoms with E-state index >= 15 is 0 Å². The van der Waals surface area contributed by atoms with Gasteiger partial charge in [0.05, 0.1) is 35.7 Å². The molecule has 3 aromatic carbocycles. The van der Waals surface area contributed by atoms with E-state index in [-0.39, 0.29) is 51.7 Å². The van der Waals surface area contributed by atoms with Crippen LogP contribution in [0.3, 0.4) is 0 Å². The van der Waals surface area contributed by atoms with Gasteiger partial charge in [-0.2, -0.15) is 27.1 Å². The number of fused-ring (bicyclic) bond motifs is 1. The van der Waals surface area contributed by atoms with Crippen molar-refractivity contribution in [3.8, 4) is 5.75 Å². The van der Waals surface area contributed by atoms with Crippen LogP contribution in [0.1, 0.15) is 5.56 Å². The van der Waals surface area contributed by atoms with Crippen LogP contribution >= 0.6 is 12.0 Å². The summed E-state index contributed by atoms with van der Waals surface area (Å²) in [6.07, 6.45) is 0. The van der Waals surface area contributed by atoms with Crippen molar-refractivity contribution in [3.63, 3.8) is 0 Å². The zero-order chi connectivity index (χ0) is 26.7. The van der Waals surface area contributed by atoms with Crippen LogP contribution in [0, 0.1) is 6.92 Å². The van der Waals surface area contributed by atoms with E-state index in [0.29, 0.717) is 17.6 Å². The summed E-state index contributed by atoms with van der Waals surface area (Å²) in [7, 11) is -9.86. The van der Waals surface area contributed by atoms with Crippen LogP contribution < -0.4 is 10.5 Å². The van der Waals surface area contributed by atoms with Crippen LogP contribution in [0.2, 0.25) is 0 Å². The molecular weight excluding hydrogens is 542 g/mol. The molecule has 0 aromatic heterocycles. The minimum atomic E-state index is -4.93. The maximum Gasteiger partial charge on any atom is 0.295 e. The standard InChI is InChI=1S/C19H19N3O11S3/c1-10-4-15(20)17(31-3-2-23)9-16(10)22-21-11-5-13-14(18(6-11)35(25,26)27)7-12(34-33-32-24)8-19(13)36(28,29)30/h4-9,23-24H,2-3,20H2,1H3,(H,25,26,27)(H,28,29,30). The molecule has 0 bridgehead atoms. The SMILES string of the molecule is Cc1cc(N)c(OCCO)cc1N=Nc1cc(S(=O)(=O)O)c2cc(SOOO)cc(S(=O)(=O)O)c2c1. The maximum atomic E-state index is 12.1. The number of hydrogen-bond donors (Lipinski definition) is 5. The molecular formula is C19H19N3O11S3. The largest absolute Gasteiger partial charge is 0.489 e. The number of aliphatic hydroxyl groups is 1. The molecule has 0 radical (unpaired) electrons. The fraction of sp³-hybridized carbons (Fsp3) is 0.158. The summed E-state index contributed by atoms with van der Waals surface area (Å²) in [5.74, 6) is 0.216. The first-order valence-electron chi connectivity index (χ1n) is 9.62. The molecule has 0 spiro atoms. The highest BCUT2D eigenvalue weighted by Crippen LogP contribution is 2.38. The summed E-state index contributed by atoms with van der Waals surface area (Å²) in [5, 5.41) is 28.1. The number of rotatable bonds is 10. The van der Waals surface area contributed by atoms with Gasteiger partial charge in [-0.3, -0.25) is 9.11 Å². The number of nitrogen functional groups attached to an aromatic ring is 1. The fourth-order valence-corrected chi connectivity index (χ4v) is 5.10. The van der Waals surface area contributed by atoms with Crippen molar-refractivity contribution >= 4 is 60.1 Å². The number of ether oxygens (including phenoxy) is 1. The molecule has 0 aliphatic rings. The highest BCUT2D eigenvalue weighted by atomic mass is 32.2. The Hall–Kier alpha value is -2.87. The van der Waals surface area contributed by atoms with Gasteiger partial charge in [-0.1, -0.05) is 5.04 Å². The van der Waals surface area contributed by atoms with E-state index in [2.05, 4.69) is 19.6 Å². The summed E-state index contributed by atoms with van der Waals surface area (Å²) in [4.78, 5) is -1.59. The summed E-state index contributed by atoms with van der Waals surface area (Å²) < 4.78 is 77.4. The van der Waals surface area contributed by atoms with E-state index in [0.717, 1.165) is 24.3 Å². The van der Waals surface area contributed by atoms with E-state index < -0.39 is 30.0 Å². The first-order valence-corrected chi connectivity index (χ1v) is 13.2. The van der Waals surface area contributed by atoms with Gasteiger partial charge in [0.25, 0.3) is 20.2 Å². The molecule has 0 heterocycles. The third-order valence-electron chi connectivity index (χ3n) is 4.62. The molecule has 0 aliphatic heterocycles. The van der Waals surface area contributed by atoms with E-state index in [9.17, 15) is 25.9 Å². The van der Waals surface area contributed by atoms with Crippen LogP contribution in [0.25, 0.3) is 10.8 Å². The van der Waals surface area contributed by atoms with Crippen molar-refractivity contribution in [1.29, 1.82) is 0 Å². The van der Waals surface area contributed by atoms with Crippen molar-refractivity contribution in [2.24, 2.45) is 10.2 Å². The van der Waals surface area contributed by atoms with Crippen molar-refractivity contribution in [2.45, 2.75) is 21.6 Å². The molecule has 0 aliphatic carbocycles. The first-order chi connectivity index (χ1) is 16.8. The number of hydrogen-bond acceptors (Lipinski definition) is 13. The lowest BCUT2D eigenvalue weighted by Gasteiger charge is -2.11. The van der Waals surface area contributed by atoms with Crippen molar-refractivity contribution in [1.82, 2.24) is 0 Å². The highest BCUT2D eigenvalue weighted by Gasteiger charge is 2.23. The minimum Gasteiger partial charge on any atom is -0.489 e. The van der Waals surface area contributed by atoms with Gasteiger partial charge in [-0.05, 0) is 42.8 Å². The van der Waals surface area contributed by atoms with Gasteiger partial charge in [0, 0.05) is 21.7 Å². The van der Waals surface area contributed by atoms with Gasteiger partial charge in [-0.25, -0.2) is 5.26 Å². The third-order valence-corrected chi connectivity index (χ3v) is 6.96. The highest BCUT2D eigenvalue weighted by molar-refractivity contribution is 7.94. The average Bonchev–Trinajstić information content (AvgIpc) is 2.79. The molecule has 17 heteroatoms. The van der Waals surface area contributed by atoms with E-state index in [4.69, 9.17) is 20.8 Å². The number of aryl methyl sites for hydroxylation is 1. The molecule has 0 atom stereocenters. The molecule has 0 amide bonds. The lowest BCUT2D eigenvalue weighted by Crippen LogP contribution is -2.04. The number of azo groups is 1. The summed E-state index contributed by atoms with van der Waals surface area (Å²) in [6, 6.07) is 7.08. The van der Waals surface area contributed by atoms with E-state index in [1.54, 1.807) is 13.0 Å². The van der Waals surface area contributed by atoms with Crippen LogP contribution in [0.4, 0.5) is 17.1 Å². The molecule has 0 fully saturated rings. The summed E-state index contributed by atoms with van der Waals surface area (Å²) in [5.41, 5.74) is 6.79. The van der Waals surface area contributed by atoms with Gasteiger partial charge >= 0.3 is 0 Å². The number of nitrogens with zero attached hydrogens (tertiary/aromatic N) is 2. The zero-order valence-electron chi connectivity index (χ0n) is 18.2. The second-order valence-electron chi connectivity index (χ2n) is 7.09. The van der Waals surface area contributed by atoms with Gasteiger partial charge in [0.2, 0.25) is 0 Å². The Labute approximate surface area is 208 Å². The molecule has 6 N–H and O–H groups in total. The Morgan fingerprint density at radius 2 is 1.58 bits per heavy atom. The zero-order valence-corrected chi connectivity index (χ0v) is 20.7. The average molecular weight is 562 g/mol. The molecule has 0 saturated carbocycles. The Kier molecular flexibility index (Phi) is 8.49. The molecule has 0 unspecified atom stereocenters. The number of benzene rings is 3. The molecule has 36 heavy (non-hydrogen) atoms. The molecule has 0 saturated heterocycles. The second kappa shape index (κ2) is 11.0. The van der Waals surface area contributed by atoms with Gasteiger partial charge in [0.1, 0.15) is 22.1 Å². The molecule has 3 rings (SSSR count). The lowest BCUT2D eigenvalue weighted by atomic mass is 10.1. The van der Waals surface area contributed by atoms with Crippen molar-refractivity contribution in [2.75, 3.05) is 18.9 Å². The van der Waals surface area contributed by atoms with Crippen LogP contribution in [0.15, 0.2) is 61.3 Å². The predicted molar refractivity (Wildman–Crippen MR) is 127 cm³/mol. The Morgan fingerprint density at radius 3 is 2.19 bits per heavy atom. The molecule has 14 nitrogen and oxygen atoms in total. The normalized spacial score (nSPS) is 12.5. The number of anilines is 1. The van der Waals surface area contributed by atoms with Crippen molar-refractivity contribution < 1.29 is 50.4 Å². The Morgan fingerprint density at radius 1 is 0.944 bits per heavy atom. The number of aliphatic hydroxyl groups excluding tert-OH is 1. The topological polar surface area (TPSA) is 228 Å². The quantitative estimate of drug-likeness (QED) is 0.0597. The lowest BCUT2D eigenvalue weighted by molar-refractivity contribution is -0.432. The van der Waals surface area contributed by atoms with Crippen LogP contribution in [-0.4, -0.2) is 49.5 Å². The smallest absolute Gasteiger partial charge is 0.295 e. The van der Waals surface area contributed by atoms with Gasteiger partial charge < -0.3 is 15.6 Å². The predicted octanol–water partition coefficient (Wildman–Crippen LogP) is 3.44. The second-order valence-corrected chi connectivity index (χ2v) is 10.6. The van der Waals surface area contributed by atoms with E-state index in [1.165, 1.54) is 6.07 Å². The molecule has 3 aromatic rings. The van der Waals surface area contributed by atoms with Crippen LogP contribution in [-0.2, 0) is 29.6 Å². The van der Waals surface area contributed by atoms with Gasteiger partial charge in [0.15, 0.2) is 0 Å². The maximum absolute atomic E-state index is 12.1. The molecule has 194 valence electrons. The van der Waals surface area contributed by atoms with Crippen molar-refractivity contribution in [3.05, 3.63) is 42.0 Å². The Balaban J connectivity index is 2.23. The number of nitrogens with two attached hydrogens (primary N) is 1. The first kappa shape index (κ1) is 27.7. The summed E-state index contributed by atoms with van der Waals surface area (Å²) >= 11 is 0.302. The monoisotopic (exact) mass is 561 g/mol. The van der Waals surface area contributed by atoms with E-state index in [1.807, 2.05) is 0 Å². The third kappa shape index (κ3) is 6.46.